The topological polar surface area (TPSA) is 7.68 Å². The second kappa shape index (κ2) is 7.96. The van der Waals surface area contributed by atoms with E-state index in [2.05, 4.69) is 30.0 Å². The minimum Gasteiger partial charge on any atom is -0.360 e. The minimum absolute atomic E-state index is 0.577. The van der Waals surface area contributed by atoms with Crippen LogP contribution in [0.1, 0.15) is 18.1 Å². The molecule has 0 bridgehead atoms. The molecule has 1 aliphatic heterocycles. The van der Waals surface area contributed by atoms with Crippen LogP contribution < -0.4 is 9.80 Å². The van der Waals surface area contributed by atoms with Gasteiger partial charge in [0.15, 0.2) is 0 Å². The number of nitrogens with one attached hydrogen (secondary N) is 1. The minimum atomic E-state index is -4.29. The average Bonchev–Trinajstić information content (AvgIpc) is 2.62. The number of nitrogens with zero attached hydrogens (tertiary/aromatic N) is 1. The zero-order chi connectivity index (χ0) is 18.6. The Hall–Kier alpha value is -2.27. The number of piperazine rings is 1. The molecule has 0 aromatic heterocycles. The predicted octanol–water partition coefficient (Wildman–Crippen LogP) is 3.51. The zero-order valence-corrected chi connectivity index (χ0v) is 14.9. The first-order valence-corrected chi connectivity index (χ1v) is 8.90. The largest absolute Gasteiger partial charge is 0.416 e. The highest BCUT2D eigenvalue weighted by Crippen LogP contribution is 2.31. The highest BCUT2D eigenvalue weighted by Gasteiger charge is 2.31. The summed E-state index contributed by atoms with van der Waals surface area (Å²) in [6.45, 7) is 6.50. The van der Waals surface area contributed by atoms with Crippen LogP contribution in [0.3, 0.4) is 0 Å². The van der Waals surface area contributed by atoms with Crippen LogP contribution in [-0.2, 0) is 6.18 Å². The van der Waals surface area contributed by atoms with Crippen molar-refractivity contribution in [2.24, 2.45) is 0 Å². The predicted molar refractivity (Wildman–Crippen MR) is 99.3 cm³/mol. The van der Waals surface area contributed by atoms with E-state index in [-0.39, 0.29) is 0 Å². The standard InChI is InChI=1S/C21H23F3N2/c1-17(14-18-6-3-2-4-7-18)16-25-10-12-26(13-11-25)20-9-5-8-19(15-20)21(22,23)24/h2-9,14-15H,10-13,16H2,1H3/p+1/b17-14+. The third kappa shape index (κ3) is 4.88. The van der Waals surface area contributed by atoms with Crippen molar-refractivity contribution in [2.45, 2.75) is 13.1 Å². The molecule has 2 aromatic carbocycles. The number of alkyl halides is 3. The Kier molecular flexibility index (Phi) is 5.67. The second-order valence-corrected chi connectivity index (χ2v) is 6.86. The number of quaternary nitrogens is 1. The summed E-state index contributed by atoms with van der Waals surface area (Å²) in [6.07, 6.45) is -2.09. The Balaban J connectivity index is 1.57. The molecule has 26 heavy (non-hydrogen) atoms. The van der Waals surface area contributed by atoms with Crippen LogP contribution in [-0.4, -0.2) is 32.7 Å². The van der Waals surface area contributed by atoms with E-state index in [1.54, 1.807) is 6.07 Å². The number of hydrogen-bond donors (Lipinski definition) is 1. The monoisotopic (exact) mass is 361 g/mol. The number of rotatable bonds is 4. The number of hydrogen-bond acceptors (Lipinski definition) is 1. The maximum atomic E-state index is 12.9. The molecule has 0 aliphatic carbocycles. The highest BCUT2D eigenvalue weighted by atomic mass is 19.4. The van der Waals surface area contributed by atoms with Crippen LogP contribution in [0.25, 0.3) is 6.08 Å². The van der Waals surface area contributed by atoms with Gasteiger partial charge in [0.05, 0.1) is 38.3 Å². The van der Waals surface area contributed by atoms with E-state index in [4.69, 9.17) is 0 Å². The van der Waals surface area contributed by atoms with E-state index in [1.165, 1.54) is 28.2 Å². The van der Waals surface area contributed by atoms with Crippen molar-refractivity contribution in [3.05, 3.63) is 71.3 Å². The zero-order valence-electron chi connectivity index (χ0n) is 14.9. The van der Waals surface area contributed by atoms with E-state index < -0.39 is 11.7 Å². The van der Waals surface area contributed by atoms with Crippen molar-refractivity contribution in [1.29, 1.82) is 0 Å². The first-order valence-electron chi connectivity index (χ1n) is 8.90. The molecule has 1 fully saturated rings. The summed E-state index contributed by atoms with van der Waals surface area (Å²) in [4.78, 5) is 3.52. The van der Waals surface area contributed by atoms with Gasteiger partial charge < -0.3 is 9.80 Å². The van der Waals surface area contributed by atoms with Gasteiger partial charge in [-0.25, -0.2) is 0 Å². The van der Waals surface area contributed by atoms with E-state index in [9.17, 15) is 13.2 Å². The lowest BCUT2D eigenvalue weighted by Gasteiger charge is -2.34. The fourth-order valence-electron chi connectivity index (χ4n) is 3.42. The molecule has 0 radical (unpaired) electrons. The molecular formula is C21H24F3N2+. The van der Waals surface area contributed by atoms with Crippen LogP contribution in [0.4, 0.5) is 18.9 Å². The molecule has 2 nitrogen and oxygen atoms in total. The summed E-state index contributed by atoms with van der Waals surface area (Å²) >= 11 is 0. The molecular weight excluding hydrogens is 337 g/mol. The van der Waals surface area contributed by atoms with Gasteiger partial charge in [0.25, 0.3) is 0 Å². The van der Waals surface area contributed by atoms with Gasteiger partial charge in [-0.3, -0.25) is 0 Å². The molecule has 1 saturated heterocycles. The van der Waals surface area contributed by atoms with Gasteiger partial charge in [0.1, 0.15) is 0 Å². The van der Waals surface area contributed by atoms with Crippen molar-refractivity contribution in [2.75, 3.05) is 37.6 Å². The molecule has 0 saturated carbocycles. The van der Waals surface area contributed by atoms with Crippen LogP contribution in [0.15, 0.2) is 60.2 Å². The lowest BCUT2D eigenvalue weighted by molar-refractivity contribution is -0.895. The van der Waals surface area contributed by atoms with Crippen LogP contribution in [0.2, 0.25) is 0 Å². The van der Waals surface area contributed by atoms with Crippen molar-refractivity contribution in [3.8, 4) is 0 Å². The lowest BCUT2D eigenvalue weighted by atomic mass is 10.1. The Labute approximate surface area is 152 Å². The number of halogens is 3. The molecule has 1 aliphatic rings. The number of anilines is 1. The molecule has 1 N–H and O–H groups in total. The summed E-state index contributed by atoms with van der Waals surface area (Å²) in [7, 11) is 0. The summed E-state index contributed by atoms with van der Waals surface area (Å²) < 4.78 is 38.7. The second-order valence-electron chi connectivity index (χ2n) is 6.86. The molecule has 138 valence electrons. The maximum absolute atomic E-state index is 12.9. The van der Waals surface area contributed by atoms with E-state index in [0.717, 1.165) is 38.8 Å². The van der Waals surface area contributed by atoms with Gasteiger partial charge in [0, 0.05) is 5.69 Å². The van der Waals surface area contributed by atoms with Crippen LogP contribution in [0, 0.1) is 0 Å². The van der Waals surface area contributed by atoms with Crippen LogP contribution in [0.5, 0.6) is 0 Å². The van der Waals surface area contributed by atoms with E-state index in [1.807, 2.05) is 18.2 Å². The lowest BCUT2D eigenvalue weighted by Crippen LogP contribution is -3.15. The third-order valence-corrected chi connectivity index (χ3v) is 4.75. The Bertz CT molecular complexity index is 745. The quantitative estimate of drug-likeness (QED) is 0.876. The third-order valence-electron chi connectivity index (χ3n) is 4.75. The summed E-state index contributed by atoms with van der Waals surface area (Å²) in [5.74, 6) is 0. The summed E-state index contributed by atoms with van der Waals surface area (Å²) in [6, 6.07) is 15.9. The Morgan fingerprint density at radius 3 is 2.38 bits per heavy atom. The smallest absolute Gasteiger partial charge is 0.360 e. The molecule has 0 spiro atoms. The summed E-state index contributed by atoms with van der Waals surface area (Å²) in [5.41, 5.74) is 2.60. The summed E-state index contributed by atoms with van der Waals surface area (Å²) in [5, 5.41) is 0. The molecule has 1 heterocycles. The van der Waals surface area contributed by atoms with Gasteiger partial charge in [-0.15, -0.1) is 0 Å². The van der Waals surface area contributed by atoms with Gasteiger partial charge in [0.2, 0.25) is 0 Å². The average molecular weight is 361 g/mol. The molecule has 0 atom stereocenters. The van der Waals surface area contributed by atoms with Crippen molar-refractivity contribution >= 4 is 11.8 Å². The van der Waals surface area contributed by atoms with Gasteiger partial charge in [-0.2, -0.15) is 13.2 Å². The Morgan fingerprint density at radius 2 is 1.73 bits per heavy atom. The SMILES string of the molecule is C/C(=C\c1ccccc1)C[NH+]1CCN(c2cccc(C(F)(F)F)c2)CC1. The van der Waals surface area contributed by atoms with E-state index >= 15 is 0 Å². The Morgan fingerprint density at radius 1 is 1.04 bits per heavy atom. The van der Waals surface area contributed by atoms with Gasteiger partial charge in [-0.1, -0.05) is 42.5 Å². The highest BCUT2D eigenvalue weighted by molar-refractivity contribution is 5.52. The fourth-order valence-corrected chi connectivity index (χ4v) is 3.42. The van der Waals surface area contributed by atoms with Crippen molar-refractivity contribution < 1.29 is 18.1 Å². The normalized spacial score (nSPS) is 16.8. The number of benzene rings is 2. The molecule has 2 aromatic rings. The molecule has 3 rings (SSSR count). The van der Waals surface area contributed by atoms with E-state index in [0.29, 0.717) is 5.69 Å². The molecule has 0 amide bonds. The van der Waals surface area contributed by atoms with Gasteiger partial charge in [-0.05, 0) is 36.3 Å². The molecule has 0 unspecified atom stereocenters. The van der Waals surface area contributed by atoms with Crippen molar-refractivity contribution in [1.82, 2.24) is 0 Å². The first-order chi connectivity index (χ1) is 12.4. The fraction of sp³-hybridized carbons (Fsp3) is 0.333. The van der Waals surface area contributed by atoms with Crippen molar-refractivity contribution in [3.63, 3.8) is 0 Å². The molecule has 5 heteroatoms. The first kappa shape index (κ1) is 18.5. The van der Waals surface area contributed by atoms with Gasteiger partial charge >= 0.3 is 6.18 Å². The van der Waals surface area contributed by atoms with Crippen LogP contribution >= 0.6 is 0 Å². The maximum Gasteiger partial charge on any atom is 0.416 e.